The summed E-state index contributed by atoms with van der Waals surface area (Å²) in [5.74, 6) is 0.484. The molecular formula is C16H18FNO. The molecule has 2 aromatic rings. The van der Waals surface area contributed by atoms with Gasteiger partial charge < -0.3 is 10.1 Å². The molecule has 0 aliphatic heterocycles. The van der Waals surface area contributed by atoms with Crippen LogP contribution in [0.5, 0.6) is 5.75 Å². The van der Waals surface area contributed by atoms with Gasteiger partial charge in [-0.15, -0.1) is 0 Å². The normalized spacial score (nSPS) is 10.5. The van der Waals surface area contributed by atoms with Crippen LogP contribution in [-0.2, 0) is 6.54 Å². The van der Waals surface area contributed by atoms with Crippen LogP contribution in [0.25, 0.3) is 11.1 Å². The van der Waals surface area contributed by atoms with Crippen molar-refractivity contribution in [3.63, 3.8) is 0 Å². The van der Waals surface area contributed by atoms with Crippen molar-refractivity contribution in [1.29, 1.82) is 0 Å². The molecule has 2 aromatic carbocycles. The molecule has 0 saturated heterocycles. The van der Waals surface area contributed by atoms with Gasteiger partial charge in [0.15, 0.2) is 0 Å². The van der Waals surface area contributed by atoms with Gasteiger partial charge in [0.2, 0.25) is 0 Å². The molecule has 0 heterocycles. The number of ether oxygens (including phenoxy) is 1. The van der Waals surface area contributed by atoms with E-state index in [0.717, 1.165) is 11.1 Å². The van der Waals surface area contributed by atoms with E-state index < -0.39 is 0 Å². The summed E-state index contributed by atoms with van der Waals surface area (Å²) in [4.78, 5) is 0. The molecule has 0 unspecified atom stereocenters. The Balaban J connectivity index is 2.48. The van der Waals surface area contributed by atoms with Gasteiger partial charge in [-0.25, -0.2) is 4.39 Å². The molecule has 0 saturated carbocycles. The van der Waals surface area contributed by atoms with Crippen molar-refractivity contribution in [3.05, 3.63) is 53.8 Å². The van der Waals surface area contributed by atoms with Gasteiger partial charge in [-0.2, -0.15) is 0 Å². The average molecular weight is 259 g/mol. The van der Waals surface area contributed by atoms with Crippen molar-refractivity contribution in [2.75, 3.05) is 13.7 Å². The maximum absolute atomic E-state index is 14.0. The first-order chi connectivity index (χ1) is 9.26. The zero-order valence-corrected chi connectivity index (χ0v) is 11.2. The second-order valence-corrected chi connectivity index (χ2v) is 4.27. The highest BCUT2D eigenvalue weighted by atomic mass is 19.1. The first-order valence-corrected chi connectivity index (χ1v) is 6.41. The monoisotopic (exact) mass is 259 g/mol. The van der Waals surface area contributed by atoms with E-state index in [1.54, 1.807) is 6.07 Å². The van der Waals surface area contributed by atoms with Gasteiger partial charge >= 0.3 is 0 Å². The minimum Gasteiger partial charge on any atom is -0.493 e. The number of hydrogen-bond donors (Lipinski definition) is 1. The summed E-state index contributed by atoms with van der Waals surface area (Å²) < 4.78 is 19.6. The molecule has 2 rings (SSSR count). The van der Waals surface area contributed by atoms with E-state index in [1.807, 2.05) is 44.3 Å². The number of benzene rings is 2. The zero-order chi connectivity index (χ0) is 13.7. The molecular weight excluding hydrogens is 241 g/mol. The molecule has 0 spiro atoms. The van der Waals surface area contributed by atoms with Crippen molar-refractivity contribution in [2.24, 2.45) is 0 Å². The SMILES string of the molecule is CCOc1ccccc1-c1cc(CNC)ccc1F. The molecule has 0 atom stereocenters. The van der Waals surface area contributed by atoms with Crippen LogP contribution in [0.15, 0.2) is 42.5 Å². The number of halogens is 1. The van der Waals surface area contributed by atoms with Gasteiger partial charge in [0.1, 0.15) is 11.6 Å². The quantitative estimate of drug-likeness (QED) is 0.885. The van der Waals surface area contributed by atoms with Crippen LogP contribution < -0.4 is 10.1 Å². The van der Waals surface area contributed by atoms with Gasteiger partial charge in [0.25, 0.3) is 0 Å². The predicted octanol–water partition coefficient (Wildman–Crippen LogP) is 3.61. The summed E-state index contributed by atoms with van der Waals surface area (Å²) in [5.41, 5.74) is 2.42. The second-order valence-electron chi connectivity index (χ2n) is 4.27. The van der Waals surface area contributed by atoms with Crippen LogP contribution in [0.2, 0.25) is 0 Å². The Bertz CT molecular complexity index is 554. The van der Waals surface area contributed by atoms with Crippen LogP contribution in [0, 0.1) is 5.82 Å². The molecule has 19 heavy (non-hydrogen) atoms. The molecule has 0 amide bonds. The summed E-state index contributed by atoms with van der Waals surface area (Å²) in [6.45, 7) is 3.20. The van der Waals surface area contributed by atoms with Gasteiger partial charge in [0, 0.05) is 17.7 Å². The fourth-order valence-electron chi connectivity index (χ4n) is 2.06. The van der Waals surface area contributed by atoms with E-state index >= 15 is 0 Å². The zero-order valence-electron chi connectivity index (χ0n) is 11.2. The fraction of sp³-hybridized carbons (Fsp3) is 0.250. The Kier molecular flexibility index (Phi) is 4.53. The molecule has 100 valence electrons. The fourth-order valence-corrected chi connectivity index (χ4v) is 2.06. The third-order valence-electron chi connectivity index (χ3n) is 2.89. The minimum atomic E-state index is -0.230. The van der Waals surface area contributed by atoms with Crippen LogP contribution in [-0.4, -0.2) is 13.7 Å². The Morgan fingerprint density at radius 1 is 1.11 bits per heavy atom. The molecule has 0 radical (unpaired) electrons. The minimum absolute atomic E-state index is 0.230. The molecule has 0 aliphatic carbocycles. The van der Waals surface area contributed by atoms with E-state index in [2.05, 4.69) is 5.32 Å². The second kappa shape index (κ2) is 6.34. The molecule has 1 N–H and O–H groups in total. The number of para-hydroxylation sites is 1. The third-order valence-corrected chi connectivity index (χ3v) is 2.89. The Labute approximate surface area is 113 Å². The van der Waals surface area contributed by atoms with Crippen LogP contribution in [0.3, 0.4) is 0 Å². The largest absolute Gasteiger partial charge is 0.493 e. The smallest absolute Gasteiger partial charge is 0.131 e. The van der Waals surface area contributed by atoms with E-state index in [-0.39, 0.29) is 5.82 Å². The Hall–Kier alpha value is -1.87. The summed E-state index contributed by atoms with van der Waals surface area (Å²) in [5, 5.41) is 3.07. The number of hydrogen-bond acceptors (Lipinski definition) is 2. The highest BCUT2D eigenvalue weighted by Crippen LogP contribution is 2.32. The Morgan fingerprint density at radius 3 is 2.63 bits per heavy atom. The van der Waals surface area contributed by atoms with Crippen molar-refractivity contribution in [2.45, 2.75) is 13.5 Å². The maximum atomic E-state index is 14.0. The standard InChI is InChI=1S/C16H18FNO/c1-3-19-16-7-5-4-6-13(16)14-10-12(11-18-2)8-9-15(14)17/h4-10,18H,3,11H2,1-2H3. The lowest BCUT2D eigenvalue weighted by atomic mass is 10.0. The number of rotatable bonds is 5. The summed E-state index contributed by atoms with van der Waals surface area (Å²) in [6, 6.07) is 12.7. The highest BCUT2D eigenvalue weighted by molar-refractivity contribution is 5.71. The van der Waals surface area contributed by atoms with Crippen LogP contribution in [0.1, 0.15) is 12.5 Å². The molecule has 0 aliphatic rings. The Morgan fingerprint density at radius 2 is 1.89 bits per heavy atom. The van der Waals surface area contributed by atoms with E-state index in [9.17, 15) is 4.39 Å². The van der Waals surface area contributed by atoms with Crippen molar-refractivity contribution in [3.8, 4) is 16.9 Å². The third kappa shape index (κ3) is 3.12. The first-order valence-electron chi connectivity index (χ1n) is 6.41. The van der Waals surface area contributed by atoms with Crippen molar-refractivity contribution >= 4 is 0 Å². The van der Waals surface area contributed by atoms with E-state index in [1.165, 1.54) is 6.07 Å². The van der Waals surface area contributed by atoms with Crippen molar-refractivity contribution < 1.29 is 9.13 Å². The predicted molar refractivity (Wildman–Crippen MR) is 75.8 cm³/mol. The van der Waals surface area contributed by atoms with Gasteiger partial charge in [-0.1, -0.05) is 24.3 Å². The lowest BCUT2D eigenvalue weighted by Crippen LogP contribution is -2.05. The summed E-state index contributed by atoms with van der Waals surface area (Å²) in [6.07, 6.45) is 0. The molecule has 0 aromatic heterocycles. The van der Waals surface area contributed by atoms with E-state index in [4.69, 9.17) is 4.74 Å². The topological polar surface area (TPSA) is 21.3 Å². The van der Waals surface area contributed by atoms with Gasteiger partial charge in [0.05, 0.1) is 6.61 Å². The maximum Gasteiger partial charge on any atom is 0.131 e. The molecule has 2 nitrogen and oxygen atoms in total. The lowest BCUT2D eigenvalue weighted by molar-refractivity contribution is 0.341. The van der Waals surface area contributed by atoms with Crippen molar-refractivity contribution in [1.82, 2.24) is 5.32 Å². The van der Waals surface area contributed by atoms with Gasteiger partial charge in [-0.05, 0) is 37.7 Å². The van der Waals surface area contributed by atoms with Gasteiger partial charge in [-0.3, -0.25) is 0 Å². The lowest BCUT2D eigenvalue weighted by Gasteiger charge is -2.12. The molecule has 0 bridgehead atoms. The molecule has 0 fully saturated rings. The number of nitrogens with one attached hydrogen (secondary N) is 1. The van der Waals surface area contributed by atoms with E-state index in [0.29, 0.717) is 24.5 Å². The average Bonchev–Trinajstić information content (AvgIpc) is 2.42. The highest BCUT2D eigenvalue weighted by Gasteiger charge is 2.11. The molecule has 3 heteroatoms. The summed E-state index contributed by atoms with van der Waals surface area (Å²) >= 11 is 0. The summed E-state index contributed by atoms with van der Waals surface area (Å²) in [7, 11) is 1.87. The van der Waals surface area contributed by atoms with Crippen LogP contribution in [0.4, 0.5) is 4.39 Å². The first kappa shape index (κ1) is 13.6. The van der Waals surface area contributed by atoms with Crippen LogP contribution >= 0.6 is 0 Å².